The summed E-state index contributed by atoms with van der Waals surface area (Å²) in [6.07, 6.45) is 0. The van der Waals surface area contributed by atoms with E-state index in [0.29, 0.717) is 16.7 Å². The molecule has 9 aromatic rings. The molecule has 9 rings (SSSR count). The molecule has 0 fully saturated rings. The topological polar surface area (TPSA) is 81.2 Å². The summed E-state index contributed by atoms with van der Waals surface area (Å²) in [7, 11) is 0. The maximum absolute atomic E-state index is 10.4. The predicted molar refractivity (Wildman–Crippen MR) is 200 cm³/mol. The van der Waals surface area contributed by atoms with E-state index in [1.807, 2.05) is 84.9 Å². The van der Waals surface area contributed by atoms with Gasteiger partial charge in [0.15, 0.2) is 0 Å². The number of benzene rings is 7. The fraction of sp³-hybridized carbons (Fsp3) is 0. The van der Waals surface area contributed by atoms with Crippen LogP contribution in [0.1, 0.15) is 16.7 Å². The van der Waals surface area contributed by atoms with Gasteiger partial charge >= 0.3 is 0 Å². The number of aromatic nitrogens is 2. The fourth-order valence-corrected chi connectivity index (χ4v) is 7.45. The third kappa shape index (κ3) is 4.38. The van der Waals surface area contributed by atoms with Crippen molar-refractivity contribution >= 4 is 43.6 Å². The Morgan fingerprint density at radius 3 is 1.66 bits per heavy atom. The molecular formula is C45H25N5. The lowest BCUT2D eigenvalue weighted by molar-refractivity contribution is 1.18. The van der Waals surface area contributed by atoms with E-state index in [2.05, 4.69) is 94.1 Å². The van der Waals surface area contributed by atoms with E-state index in [1.54, 1.807) is 0 Å². The third-order valence-corrected chi connectivity index (χ3v) is 9.58. The van der Waals surface area contributed by atoms with Gasteiger partial charge in [0.2, 0.25) is 0 Å². The molecule has 230 valence electrons. The molecule has 0 atom stereocenters. The largest absolute Gasteiger partial charge is 0.309 e. The van der Waals surface area contributed by atoms with Crippen molar-refractivity contribution in [3.05, 3.63) is 168 Å². The third-order valence-electron chi connectivity index (χ3n) is 9.58. The highest BCUT2D eigenvalue weighted by molar-refractivity contribution is 6.11. The van der Waals surface area contributed by atoms with Crippen molar-refractivity contribution < 1.29 is 0 Å². The first-order valence-electron chi connectivity index (χ1n) is 16.3. The molecule has 2 heterocycles. The number of rotatable bonds is 4. The standard InChI is InChI=1S/C45H25N5/c46-26-29-19-20-43-39(23-29)38-14-3-4-15-40(38)49(43)35-22-30(27-47)21-34(25-35)31-9-7-10-32(24-31)45-33(28-48)11-8-18-44(45)50-41-16-5-1-12-36(41)37-13-2-6-17-42(37)50/h1-25H. The summed E-state index contributed by atoms with van der Waals surface area (Å²) in [5.74, 6) is 0. The van der Waals surface area contributed by atoms with Gasteiger partial charge < -0.3 is 9.13 Å². The van der Waals surface area contributed by atoms with Crippen LogP contribution in [0, 0.1) is 34.0 Å². The van der Waals surface area contributed by atoms with Gasteiger partial charge in [-0.05, 0) is 89.5 Å². The van der Waals surface area contributed by atoms with E-state index >= 15 is 0 Å². The average Bonchev–Trinajstić information content (AvgIpc) is 3.70. The highest BCUT2D eigenvalue weighted by atomic mass is 15.0. The van der Waals surface area contributed by atoms with E-state index < -0.39 is 0 Å². The van der Waals surface area contributed by atoms with E-state index in [9.17, 15) is 15.8 Å². The number of nitriles is 3. The highest BCUT2D eigenvalue weighted by Crippen LogP contribution is 2.39. The van der Waals surface area contributed by atoms with E-state index in [1.165, 1.54) is 0 Å². The second-order valence-corrected chi connectivity index (χ2v) is 12.3. The van der Waals surface area contributed by atoms with Gasteiger partial charge in [0.05, 0.1) is 62.7 Å². The Hall–Kier alpha value is -7.39. The molecule has 50 heavy (non-hydrogen) atoms. The van der Waals surface area contributed by atoms with Gasteiger partial charge in [0.25, 0.3) is 0 Å². The SMILES string of the molecule is N#Cc1cc(-c2cccc(-c3c(C#N)cccc3-n3c4ccccc4c4ccccc43)c2)cc(-n2c3ccccc3c3cc(C#N)ccc32)c1. The molecule has 0 spiro atoms. The normalized spacial score (nSPS) is 11.1. The van der Waals surface area contributed by atoms with Crippen LogP contribution in [-0.2, 0) is 0 Å². The maximum atomic E-state index is 10.4. The van der Waals surface area contributed by atoms with Crippen molar-refractivity contribution in [1.82, 2.24) is 9.13 Å². The van der Waals surface area contributed by atoms with Crippen LogP contribution < -0.4 is 0 Å². The Labute approximate surface area is 287 Å². The Kier molecular flexibility index (Phi) is 6.56. The van der Waals surface area contributed by atoms with Crippen LogP contribution in [0.3, 0.4) is 0 Å². The minimum absolute atomic E-state index is 0.533. The van der Waals surface area contributed by atoms with Gasteiger partial charge in [-0.1, -0.05) is 78.9 Å². The summed E-state index contributed by atoms with van der Waals surface area (Å²) in [6.45, 7) is 0. The zero-order valence-electron chi connectivity index (χ0n) is 26.7. The van der Waals surface area contributed by atoms with E-state index in [4.69, 9.17) is 0 Å². The van der Waals surface area contributed by atoms with Crippen LogP contribution in [-0.4, -0.2) is 9.13 Å². The molecule has 0 unspecified atom stereocenters. The van der Waals surface area contributed by atoms with Gasteiger partial charge in [0, 0.05) is 32.8 Å². The second-order valence-electron chi connectivity index (χ2n) is 12.3. The van der Waals surface area contributed by atoms with Crippen molar-refractivity contribution in [2.24, 2.45) is 0 Å². The zero-order valence-corrected chi connectivity index (χ0v) is 26.7. The molecule has 0 aliphatic heterocycles. The average molecular weight is 636 g/mol. The monoisotopic (exact) mass is 635 g/mol. The molecule has 0 amide bonds. The number of nitrogens with zero attached hydrogens (tertiary/aromatic N) is 5. The Morgan fingerprint density at radius 2 is 0.980 bits per heavy atom. The molecule has 0 aliphatic rings. The molecule has 0 saturated carbocycles. The van der Waals surface area contributed by atoms with Crippen LogP contribution in [0.4, 0.5) is 0 Å². The van der Waals surface area contributed by atoms with Crippen LogP contribution in [0.25, 0.3) is 77.2 Å². The van der Waals surface area contributed by atoms with Gasteiger partial charge in [-0.25, -0.2) is 0 Å². The molecule has 0 saturated heterocycles. The number of fused-ring (bicyclic) bond motifs is 6. The number of hydrogen-bond donors (Lipinski definition) is 0. The summed E-state index contributed by atoms with van der Waals surface area (Å²) in [6, 6.07) is 57.7. The number of hydrogen-bond acceptors (Lipinski definition) is 3. The van der Waals surface area contributed by atoms with Gasteiger partial charge in [0.1, 0.15) is 0 Å². The van der Waals surface area contributed by atoms with E-state index in [-0.39, 0.29) is 0 Å². The Bertz CT molecular complexity index is 2920. The molecule has 0 radical (unpaired) electrons. The van der Waals surface area contributed by atoms with Crippen molar-refractivity contribution in [3.8, 4) is 51.8 Å². The minimum atomic E-state index is 0.533. The molecule has 0 bridgehead atoms. The molecule has 0 aliphatic carbocycles. The molecule has 0 N–H and O–H groups in total. The summed E-state index contributed by atoms with van der Waals surface area (Å²) in [5, 5.41) is 34.6. The van der Waals surface area contributed by atoms with Crippen LogP contribution in [0.15, 0.2) is 152 Å². The first-order valence-corrected chi connectivity index (χ1v) is 16.3. The molecule has 5 nitrogen and oxygen atoms in total. The molecule has 7 aromatic carbocycles. The summed E-state index contributed by atoms with van der Waals surface area (Å²) in [4.78, 5) is 0. The van der Waals surface area contributed by atoms with Gasteiger partial charge in [-0.15, -0.1) is 0 Å². The van der Waals surface area contributed by atoms with Crippen LogP contribution in [0.2, 0.25) is 0 Å². The summed E-state index contributed by atoms with van der Waals surface area (Å²) in [5.41, 5.74) is 11.1. The Balaban J connectivity index is 1.26. The first kappa shape index (κ1) is 28.8. The lowest BCUT2D eigenvalue weighted by Gasteiger charge is -2.17. The quantitative estimate of drug-likeness (QED) is 0.193. The second kappa shape index (κ2) is 11.4. The zero-order chi connectivity index (χ0) is 33.8. The molecule has 5 heteroatoms. The Morgan fingerprint density at radius 1 is 0.380 bits per heavy atom. The van der Waals surface area contributed by atoms with Crippen molar-refractivity contribution in [2.45, 2.75) is 0 Å². The van der Waals surface area contributed by atoms with Gasteiger partial charge in [-0.2, -0.15) is 15.8 Å². The van der Waals surface area contributed by atoms with Crippen molar-refractivity contribution in [3.63, 3.8) is 0 Å². The molecular weight excluding hydrogens is 611 g/mol. The minimum Gasteiger partial charge on any atom is -0.309 e. The smallest absolute Gasteiger partial charge is 0.0998 e. The fourth-order valence-electron chi connectivity index (χ4n) is 7.45. The lowest BCUT2D eigenvalue weighted by atomic mass is 9.94. The van der Waals surface area contributed by atoms with Crippen molar-refractivity contribution in [2.75, 3.05) is 0 Å². The highest BCUT2D eigenvalue weighted by Gasteiger charge is 2.19. The summed E-state index contributed by atoms with van der Waals surface area (Å²) < 4.78 is 4.41. The number of para-hydroxylation sites is 3. The maximum Gasteiger partial charge on any atom is 0.0998 e. The van der Waals surface area contributed by atoms with E-state index in [0.717, 1.165) is 77.2 Å². The summed E-state index contributed by atoms with van der Waals surface area (Å²) >= 11 is 0. The van der Waals surface area contributed by atoms with Crippen LogP contribution in [0.5, 0.6) is 0 Å². The van der Waals surface area contributed by atoms with Crippen molar-refractivity contribution in [1.29, 1.82) is 15.8 Å². The first-order chi connectivity index (χ1) is 24.7. The molecule has 2 aromatic heterocycles. The van der Waals surface area contributed by atoms with Gasteiger partial charge in [-0.3, -0.25) is 0 Å². The predicted octanol–water partition coefficient (Wildman–Crippen LogP) is 10.8. The lowest BCUT2D eigenvalue weighted by Crippen LogP contribution is -1.99. The van der Waals surface area contributed by atoms with Crippen LogP contribution >= 0.6 is 0 Å².